The summed E-state index contributed by atoms with van der Waals surface area (Å²) in [5, 5.41) is 14.0. The highest BCUT2D eigenvalue weighted by Crippen LogP contribution is 2.26. The van der Waals surface area contributed by atoms with Crippen LogP contribution in [0.25, 0.3) is 10.8 Å². The molecule has 3 amide bonds. The molecule has 0 unspecified atom stereocenters. The fourth-order valence-electron chi connectivity index (χ4n) is 4.30. The Bertz CT molecular complexity index is 1240. The minimum absolute atomic E-state index is 0.0723. The highest BCUT2D eigenvalue weighted by molar-refractivity contribution is 7.91. The zero-order valence-corrected chi connectivity index (χ0v) is 21.8. The number of sulfone groups is 1. The van der Waals surface area contributed by atoms with Gasteiger partial charge in [-0.15, -0.1) is 0 Å². The minimum Gasteiger partial charge on any atom is -0.465 e. The van der Waals surface area contributed by atoms with Crippen molar-refractivity contribution in [3.8, 4) is 0 Å². The van der Waals surface area contributed by atoms with Gasteiger partial charge in [-0.3, -0.25) is 4.79 Å². The fourth-order valence-corrected chi connectivity index (χ4v) is 5.81. The first kappa shape index (κ1) is 27.5. The quantitative estimate of drug-likeness (QED) is 0.525. The number of carboxylic acid groups (broad SMARTS) is 1. The van der Waals surface area contributed by atoms with E-state index in [1.165, 1.54) is 22.9 Å². The molecule has 1 saturated heterocycles. The fraction of sp³-hybridized carbons (Fsp3) is 0.458. The molecule has 0 spiro atoms. The second-order valence-corrected chi connectivity index (χ2v) is 11.3. The molecule has 0 radical (unpaired) electrons. The summed E-state index contributed by atoms with van der Waals surface area (Å²) in [6.07, 6.45) is -1.51. The summed E-state index contributed by atoms with van der Waals surface area (Å²) < 4.78 is 30.8. The standard InChI is InChI=1S/C24H30ClN3O7S/c1-3-35-22(30)26-24(9-12-28(13-10-24)23(31)32)21(29)27(2)11-4-14-36(33,34)20-8-6-17-15-19(25)7-5-18(17)16-20/h5-8,15-16H,3-4,9-14H2,1-2H3,(H,26,30)(H,31,32). The zero-order chi connectivity index (χ0) is 26.5. The third-order valence-electron chi connectivity index (χ3n) is 6.30. The van der Waals surface area contributed by atoms with Crippen LogP contribution < -0.4 is 5.32 Å². The van der Waals surface area contributed by atoms with Gasteiger partial charge in [0.25, 0.3) is 0 Å². The topological polar surface area (TPSA) is 133 Å². The van der Waals surface area contributed by atoms with Gasteiger partial charge in [-0.25, -0.2) is 18.0 Å². The molecule has 1 fully saturated rings. The van der Waals surface area contributed by atoms with E-state index in [0.717, 1.165) is 10.8 Å². The Hall–Kier alpha value is -3.05. The molecule has 12 heteroatoms. The monoisotopic (exact) mass is 539 g/mol. The number of hydrogen-bond donors (Lipinski definition) is 2. The number of benzene rings is 2. The summed E-state index contributed by atoms with van der Waals surface area (Å²) >= 11 is 5.99. The Balaban J connectivity index is 1.66. The summed E-state index contributed by atoms with van der Waals surface area (Å²) in [5.74, 6) is -0.588. The lowest BCUT2D eigenvalue weighted by Gasteiger charge is -2.41. The van der Waals surface area contributed by atoms with Gasteiger partial charge >= 0.3 is 12.2 Å². The first-order valence-corrected chi connectivity index (χ1v) is 13.6. The van der Waals surface area contributed by atoms with Gasteiger partial charge in [0.2, 0.25) is 5.91 Å². The van der Waals surface area contributed by atoms with Crippen molar-refractivity contribution in [2.24, 2.45) is 0 Å². The van der Waals surface area contributed by atoms with Gasteiger partial charge < -0.3 is 25.0 Å². The Morgan fingerprint density at radius 1 is 1.14 bits per heavy atom. The van der Waals surface area contributed by atoms with Crippen molar-refractivity contribution < 1.29 is 32.6 Å². The molecule has 2 aromatic rings. The third kappa shape index (κ3) is 6.38. The van der Waals surface area contributed by atoms with Gasteiger partial charge in [0.1, 0.15) is 5.54 Å². The Labute approximate surface area is 215 Å². The molecule has 0 bridgehead atoms. The molecule has 2 aromatic carbocycles. The lowest BCUT2D eigenvalue weighted by Crippen LogP contribution is -2.64. The third-order valence-corrected chi connectivity index (χ3v) is 8.33. The number of nitrogens with one attached hydrogen (secondary N) is 1. The highest BCUT2D eigenvalue weighted by Gasteiger charge is 2.45. The van der Waals surface area contributed by atoms with E-state index >= 15 is 0 Å². The first-order chi connectivity index (χ1) is 17.0. The number of piperidine rings is 1. The predicted molar refractivity (Wildman–Crippen MR) is 135 cm³/mol. The van der Waals surface area contributed by atoms with Crippen molar-refractivity contribution in [2.75, 3.05) is 39.0 Å². The number of hydrogen-bond acceptors (Lipinski definition) is 6. The molecule has 0 aromatic heterocycles. The number of likely N-dealkylation sites (tertiary alicyclic amines) is 1. The molecule has 0 aliphatic carbocycles. The van der Waals surface area contributed by atoms with E-state index in [2.05, 4.69) is 5.32 Å². The van der Waals surface area contributed by atoms with Gasteiger partial charge in [-0.05, 0) is 61.2 Å². The molecule has 196 valence electrons. The van der Waals surface area contributed by atoms with Crippen LogP contribution in [0.3, 0.4) is 0 Å². The number of rotatable bonds is 8. The predicted octanol–water partition coefficient (Wildman–Crippen LogP) is 3.37. The van der Waals surface area contributed by atoms with E-state index in [-0.39, 0.29) is 56.2 Å². The minimum atomic E-state index is -3.60. The number of amides is 3. The van der Waals surface area contributed by atoms with E-state index in [1.807, 2.05) is 0 Å². The van der Waals surface area contributed by atoms with E-state index < -0.39 is 33.5 Å². The summed E-state index contributed by atoms with van der Waals surface area (Å²) in [6.45, 7) is 2.03. The van der Waals surface area contributed by atoms with Crippen molar-refractivity contribution in [1.29, 1.82) is 0 Å². The summed E-state index contributed by atoms with van der Waals surface area (Å²) in [5.41, 5.74) is -1.33. The van der Waals surface area contributed by atoms with Gasteiger partial charge in [0.05, 0.1) is 17.3 Å². The Kier molecular flexibility index (Phi) is 8.67. The number of alkyl carbamates (subject to hydrolysis) is 1. The normalized spacial score (nSPS) is 15.4. The summed E-state index contributed by atoms with van der Waals surface area (Å²) in [6, 6.07) is 10.1. The van der Waals surface area contributed by atoms with Crippen LogP contribution in [0.1, 0.15) is 26.2 Å². The van der Waals surface area contributed by atoms with Gasteiger partial charge in [-0.2, -0.15) is 0 Å². The van der Waals surface area contributed by atoms with Gasteiger partial charge in [-0.1, -0.05) is 23.7 Å². The number of nitrogens with zero attached hydrogens (tertiary/aromatic N) is 2. The van der Waals surface area contributed by atoms with E-state index in [1.54, 1.807) is 37.3 Å². The number of ether oxygens (including phenoxy) is 1. The number of fused-ring (bicyclic) bond motifs is 1. The molecular weight excluding hydrogens is 510 g/mol. The second-order valence-electron chi connectivity index (χ2n) is 8.75. The Morgan fingerprint density at radius 3 is 2.42 bits per heavy atom. The molecule has 0 saturated carbocycles. The summed E-state index contributed by atoms with van der Waals surface area (Å²) in [4.78, 5) is 39.6. The average Bonchev–Trinajstić information content (AvgIpc) is 2.83. The van der Waals surface area contributed by atoms with Gasteiger partial charge in [0, 0.05) is 31.7 Å². The van der Waals surface area contributed by atoms with Crippen LogP contribution in [0, 0.1) is 0 Å². The van der Waals surface area contributed by atoms with Crippen molar-refractivity contribution >= 4 is 50.3 Å². The molecule has 10 nitrogen and oxygen atoms in total. The molecule has 36 heavy (non-hydrogen) atoms. The van der Waals surface area contributed by atoms with Gasteiger partial charge in [0.15, 0.2) is 9.84 Å². The van der Waals surface area contributed by atoms with Crippen LogP contribution in [0.4, 0.5) is 9.59 Å². The zero-order valence-electron chi connectivity index (χ0n) is 20.2. The molecular formula is C24H30ClN3O7S. The van der Waals surface area contributed by atoms with Crippen molar-refractivity contribution in [1.82, 2.24) is 15.1 Å². The lowest BCUT2D eigenvalue weighted by atomic mass is 9.86. The largest absolute Gasteiger partial charge is 0.465 e. The van der Waals surface area contributed by atoms with E-state index in [9.17, 15) is 27.9 Å². The number of carbonyl (C=O) groups is 3. The molecule has 1 heterocycles. The molecule has 1 aliphatic heterocycles. The SMILES string of the molecule is CCOC(=O)NC1(C(=O)N(C)CCCS(=O)(=O)c2ccc3cc(Cl)ccc3c2)CCN(C(=O)O)CC1. The van der Waals surface area contributed by atoms with Crippen molar-refractivity contribution in [3.05, 3.63) is 41.4 Å². The smallest absolute Gasteiger partial charge is 0.407 e. The number of halogens is 1. The van der Waals surface area contributed by atoms with E-state index in [0.29, 0.717) is 5.02 Å². The van der Waals surface area contributed by atoms with Crippen LogP contribution in [0.2, 0.25) is 5.02 Å². The molecule has 3 rings (SSSR count). The lowest BCUT2D eigenvalue weighted by molar-refractivity contribution is -0.138. The maximum absolute atomic E-state index is 13.4. The van der Waals surface area contributed by atoms with Crippen LogP contribution in [-0.4, -0.2) is 86.0 Å². The van der Waals surface area contributed by atoms with Crippen LogP contribution in [-0.2, 0) is 19.4 Å². The summed E-state index contributed by atoms with van der Waals surface area (Å²) in [7, 11) is -2.06. The number of carbonyl (C=O) groups excluding carboxylic acids is 2. The maximum Gasteiger partial charge on any atom is 0.407 e. The average molecular weight is 540 g/mol. The number of likely N-dealkylation sites (N-methyl/N-ethyl adjacent to an activating group) is 1. The first-order valence-electron chi connectivity index (χ1n) is 11.6. The molecule has 0 atom stereocenters. The molecule has 2 N–H and O–H groups in total. The van der Waals surface area contributed by atoms with Crippen molar-refractivity contribution in [2.45, 2.75) is 36.6 Å². The van der Waals surface area contributed by atoms with Crippen LogP contribution in [0.5, 0.6) is 0 Å². The van der Waals surface area contributed by atoms with Crippen LogP contribution in [0.15, 0.2) is 41.3 Å². The van der Waals surface area contributed by atoms with Crippen LogP contribution >= 0.6 is 11.6 Å². The van der Waals surface area contributed by atoms with E-state index in [4.69, 9.17) is 16.3 Å². The second kappa shape index (κ2) is 11.3. The highest BCUT2D eigenvalue weighted by atomic mass is 35.5. The maximum atomic E-state index is 13.4. The molecule has 1 aliphatic rings. The van der Waals surface area contributed by atoms with Crippen molar-refractivity contribution in [3.63, 3.8) is 0 Å². The Morgan fingerprint density at radius 2 is 1.78 bits per heavy atom.